The number of rotatable bonds is 4. The summed E-state index contributed by atoms with van der Waals surface area (Å²) in [7, 11) is -13.0. The molecule has 0 unspecified atom stereocenters. The van der Waals surface area contributed by atoms with Crippen molar-refractivity contribution in [1.29, 1.82) is 0 Å². The van der Waals surface area contributed by atoms with Crippen molar-refractivity contribution in [2.24, 2.45) is 0 Å². The second-order valence-corrected chi connectivity index (χ2v) is 18.5. The third-order valence-corrected chi connectivity index (χ3v) is 19.2. The standard InChI is InChI=1S/C2F6NO4S2.C2H5.Hg/c3-1(4,5)14(10,11)9-15(12,13)2(6,7)8;1-2;/h;1H2,2H3;/q-1;;+1. The summed E-state index contributed by atoms with van der Waals surface area (Å²) in [5.41, 5.74) is -12.2. The summed E-state index contributed by atoms with van der Waals surface area (Å²) in [6.45, 7) is 1.12. The minimum absolute atomic E-state index is 0.329. The molecule has 18 heavy (non-hydrogen) atoms. The van der Waals surface area contributed by atoms with E-state index in [2.05, 4.69) is 0 Å². The molecule has 0 radical (unpaired) electrons. The third kappa shape index (κ3) is 3.48. The Bertz CT molecular complexity index is 449. The third-order valence-electron chi connectivity index (χ3n) is 1.53. The number of nitrogens with zero attached hydrogens (tertiary/aromatic N) is 1. The molecule has 0 aliphatic rings. The zero-order valence-corrected chi connectivity index (χ0v) is 15.7. The summed E-state index contributed by atoms with van der Waals surface area (Å²) in [6.07, 6.45) is 0. The van der Waals surface area contributed by atoms with Gasteiger partial charge in [0.25, 0.3) is 0 Å². The number of hydrogen-bond acceptors (Lipinski definition) is 4. The molecule has 0 aromatic heterocycles. The molecule has 0 aromatic rings. The van der Waals surface area contributed by atoms with Crippen molar-refractivity contribution in [2.75, 3.05) is 0 Å². The van der Waals surface area contributed by atoms with Gasteiger partial charge in [-0.25, -0.2) is 0 Å². The van der Waals surface area contributed by atoms with Gasteiger partial charge in [0.1, 0.15) is 0 Å². The average Bonchev–Trinajstić information content (AvgIpc) is 2.09. The molecule has 0 heterocycles. The van der Waals surface area contributed by atoms with Crippen LogP contribution in [-0.2, 0) is 44.9 Å². The zero-order valence-electron chi connectivity index (χ0n) is 8.58. The van der Waals surface area contributed by atoms with Crippen LogP contribution < -0.4 is 0 Å². The molecule has 0 fully saturated rings. The molecular formula is C4H5F6HgNO4S2. The van der Waals surface area contributed by atoms with Crippen molar-refractivity contribution >= 4 is 20.0 Å². The molecule has 0 rings (SSSR count). The van der Waals surface area contributed by atoms with Crippen LogP contribution in [0.3, 0.4) is 0 Å². The van der Waals surface area contributed by atoms with E-state index in [0.29, 0.717) is 0 Å². The number of halogens is 6. The molecule has 5 nitrogen and oxygen atoms in total. The monoisotopic (exact) mass is 511 g/mol. The van der Waals surface area contributed by atoms with Gasteiger partial charge in [-0.15, -0.1) is 0 Å². The van der Waals surface area contributed by atoms with E-state index in [4.69, 9.17) is 0 Å². The zero-order chi connectivity index (χ0) is 15.0. The van der Waals surface area contributed by atoms with Crippen molar-refractivity contribution in [3.8, 4) is 0 Å². The molecule has 0 aromatic carbocycles. The molecule has 106 valence electrons. The van der Waals surface area contributed by atoms with Crippen molar-refractivity contribution in [2.45, 2.75) is 21.9 Å². The molecule has 0 saturated carbocycles. The van der Waals surface area contributed by atoms with Gasteiger partial charge in [-0.05, 0) is 0 Å². The molecule has 0 saturated heterocycles. The van der Waals surface area contributed by atoms with Gasteiger partial charge in [-0.3, -0.25) is 0 Å². The summed E-state index contributed by atoms with van der Waals surface area (Å²) in [5.74, 6) is 0. The normalized spacial score (nSPS) is 14.7. The molecule has 0 aliphatic heterocycles. The fourth-order valence-corrected chi connectivity index (χ4v) is 16.9. The second kappa shape index (κ2) is 5.40. The van der Waals surface area contributed by atoms with Gasteiger partial charge in [-0.2, -0.15) is 0 Å². The Hall–Kier alpha value is 0.375. The Balaban J connectivity index is 5.95. The van der Waals surface area contributed by atoms with Gasteiger partial charge in [0.2, 0.25) is 0 Å². The first-order valence-corrected chi connectivity index (χ1v) is 13.3. The van der Waals surface area contributed by atoms with E-state index >= 15 is 0 Å². The van der Waals surface area contributed by atoms with Crippen LogP contribution in [0.5, 0.6) is 0 Å². The van der Waals surface area contributed by atoms with Crippen molar-refractivity contribution < 1.29 is 68.1 Å². The summed E-state index contributed by atoms with van der Waals surface area (Å²) in [5, 5.41) is 0. The maximum absolute atomic E-state index is 12.1. The Morgan fingerprint density at radius 3 is 1.33 bits per heavy atom. The van der Waals surface area contributed by atoms with Gasteiger partial charge in [0.15, 0.2) is 0 Å². The van der Waals surface area contributed by atoms with E-state index < -0.39 is 57.4 Å². The number of hydrogen-bond donors (Lipinski definition) is 0. The van der Waals surface area contributed by atoms with Crippen LogP contribution in [0.4, 0.5) is 26.3 Å². The molecule has 0 bridgehead atoms. The van der Waals surface area contributed by atoms with Crippen LogP contribution in [0.2, 0.25) is 3.93 Å². The van der Waals surface area contributed by atoms with E-state index in [1.165, 1.54) is 0 Å². The van der Waals surface area contributed by atoms with E-state index in [9.17, 15) is 43.2 Å². The van der Waals surface area contributed by atoms with Crippen molar-refractivity contribution in [1.82, 2.24) is 1.47 Å². The molecule has 0 spiro atoms. The molecule has 14 heteroatoms. The van der Waals surface area contributed by atoms with Gasteiger partial charge < -0.3 is 0 Å². The maximum atomic E-state index is 12.1. The van der Waals surface area contributed by atoms with Crippen LogP contribution in [-0.4, -0.2) is 29.3 Å². The predicted octanol–water partition coefficient (Wildman–Crippen LogP) is 1.42. The van der Waals surface area contributed by atoms with Gasteiger partial charge in [-0.1, -0.05) is 0 Å². The number of alkyl halides is 6. The van der Waals surface area contributed by atoms with Crippen molar-refractivity contribution in [3.05, 3.63) is 0 Å². The van der Waals surface area contributed by atoms with Gasteiger partial charge >= 0.3 is 111 Å². The van der Waals surface area contributed by atoms with Crippen LogP contribution in [0.25, 0.3) is 0 Å². The minimum atomic E-state index is -6.52. The molecule has 0 N–H and O–H groups in total. The summed E-state index contributed by atoms with van der Waals surface area (Å²) in [4.78, 5) is 0. The van der Waals surface area contributed by atoms with E-state index in [-0.39, 0.29) is 3.93 Å². The van der Waals surface area contributed by atoms with Crippen molar-refractivity contribution in [3.63, 3.8) is 0 Å². The topological polar surface area (TPSA) is 71.5 Å². The molecule has 0 aliphatic carbocycles. The Kier molecular flexibility index (Phi) is 5.51. The average molecular weight is 510 g/mol. The quantitative estimate of drug-likeness (QED) is 0.425. The van der Waals surface area contributed by atoms with Crippen LogP contribution in [0.15, 0.2) is 0 Å². The first-order chi connectivity index (χ1) is 7.69. The van der Waals surface area contributed by atoms with Crippen LogP contribution in [0.1, 0.15) is 6.92 Å². The van der Waals surface area contributed by atoms with E-state index in [1.54, 1.807) is 0 Å². The predicted molar refractivity (Wildman–Crippen MR) is 42.3 cm³/mol. The van der Waals surface area contributed by atoms with E-state index in [0.717, 1.165) is 6.92 Å². The molecule has 0 atom stereocenters. The number of sulfonamides is 2. The Labute approximate surface area is 111 Å². The van der Waals surface area contributed by atoms with Crippen LogP contribution >= 0.6 is 0 Å². The first-order valence-electron chi connectivity index (χ1n) is 4.10. The van der Waals surface area contributed by atoms with Crippen LogP contribution in [0, 0.1) is 0 Å². The van der Waals surface area contributed by atoms with Gasteiger partial charge in [0, 0.05) is 0 Å². The summed E-state index contributed by atoms with van der Waals surface area (Å²) in [6, 6.07) is 0. The SMILES string of the molecule is C[CH2][Hg][N](S(=O)(=O)C(F)(F)F)S(=O)(=O)C(F)(F)F. The second-order valence-electron chi connectivity index (χ2n) is 2.90. The van der Waals surface area contributed by atoms with E-state index in [1.807, 2.05) is 0 Å². The summed E-state index contributed by atoms with van der Waals surface area (Å²) < 4.78 is 114. The fourth-order valence-electron chi connectivity index (χ4n) is 0.783. The molecular weight excluding hydrogens is 505 g/mol. The summed E-state index contributed by atoms with van der Waals surface area (Å²) >= 11 is -3.63. The Morgan fingerprint density at radius 1 is 0.889 bits per heavy atom. The van der Waals surface area contributed by atoms with Gasteiger partial charge in [0.05, 0.1) is 0 Å². The first kappa shape index (κ1) is 18.4. The fraction of sp³-hybridized carbons (Fsp3) is 1.00. The molecule has 0 amide bonds. The Morgan fingerprint density at radius 2 is 1.17 bits per heavy atom.